The van der Waals surface area contributed by atoms with Crippen molar-refractivity contribution in [3.63, 3.8) is 0 Å². The number of imidazole rings is 1. The molecule has 2 aromatic rings. The Hall–Kier alpha value is -1.06. The number of hydrogen-bond donors (Lipinski definition) is 2. The third kappa shape index (κ3) is 1.29. The van der Waals surface area contributed by atoms with Crippen LogP contribution in [0.15, 0.2) is 24.3 Å². The lowest BCUT2D eigenvalue weighted by molar-refractivity contribution is 0.886. The molecule has 4 heteroatoms. The van der Waals surface area contributed by atoms with E-state index in [1.807, 2.05) is 24.3 Å². The Bertz CT molecular complexity index is 349. The number of rotatable bonds is 2. The minimum atomic E-state index is 0.552. The fraction of sp³-hybridized carbons (Fsp3) is 0.125. The van der Waals surface area contributed by atoms with Crippen LogP contribution in [0, 0.1) is 0 Å². The van der Waals surface area contributed by atoms with Crippen molar-refractivity contribution in [1.82, 2.24) is 14.8 Å². The van der Waals surface area contributed by atoms with Gasteiger partial charge in [0.2, 0.25) is 0 Å². The molecule has 0 saturated heterocycles. The number of aromatic amines is 1. The van der Waals surface area contributed by atoms with E-state index in [0.29, 0.717) is 6.54 Å². The number of benzene rings is 1. The molecule has 0 aliphatic carbocycles. The molecule has 0 unspecified atom stereocenters. The predicted molar refractivity (Wildman–Crippen MR) is 48.8 cm³/mol. The maximum absolute atomic E-state index is 5.35. The lowest BCUT2D eigenvalue weighted by Crippen LogP contribution is -1.99. The Labute approximate surface area is 74.9 Å². The number of H-pyrrole nitrogens is 1. The van der Waals surface area contributed by atoms with Crippen molar-refractivity contribution in [3.05, 3.63) is 30.1 Å². The topological polar surface area (TPSA) is 40.7 Å². The Morgan fingerprint density at radius 1 is 1.42 bits per heavy atom. The van der Waals surface area contributed by atoms with Gasteiger partial charge in [-0.25, -0.2) is 9.82 Å². The third-order valence-corrected chi connectivity index (χ3v) is 1.81. The first kappa shape index (κ1) is 7.58. The number of nitrogens with one attached hydrogen (secondary N) is 2. The number of aromatic nitrogens is 2. The number of fused-ring (bicyclic) bond motifs is 1. The van der Waals surface area contributed by atoms with E-state index < -0.39 is 0 Å². The van der Waals surface area contributed by atoms with Crippen LogP contribution in [-0.2, 0) is 6.54 Å². The zero-order chi connectivity index (χ0) is 8.39. The Morgan fingerprint density at radius 2 is 2.25 bits per heavy atom. The molecule has 1 aromatic carbocycles. The van der Waals surface area contributed by atoms with Crippen LogP contribution in [0.4, 0.5) is 0 Å². The summed E-state index contributed by atoms with van der Waals surface area (Å²) in [5.41, 5.74) is 2.01. The number of para-hydroxylation sites is 2. The van der Waals surface area contributed by atoms with Gasteiger partial charge < -0.3 is 4.98 Å². The van der Waals surface area contributed by atoms with Crippen LogP contribution < -0.4 is 4.84 Å². The van der Waals surface area contributed by atoms with Gasteiger partial charge in [-0.15, -0.1) is 0 Å². The summed E-state index contributed by atoms with van der Waals surface area (Å²) in [5.74, 6) is 0.853. The normalized spacial score (nSPS) is 10.8. The molecular formula is C8H8ClN3. The van der Waals surface area contributed by atoms with E-state index >= 15 is 0 Å². The molecule has 2 N–H and O–H groups in total. The van der Waals surface area contributed by atoms with Gasteiger partial charge in [0.15, 0.2) is 0 Å². The van der Waals surface area contributed by atoms with Crippen LogP contribution in [0.1, 0.15) is 5.82 Å². The summed E-state index contributed by atoms with van der Waals surface area (Å²) in [5, 5.41) is 0. The standard InChI is InChI=1S/C8H8ClN3/c9-10-5-8-11-6-3-1-2-4-7(6)12-8/h1-4,10H,5H2,(H,11,12). The molecule has 0 spiro atoms. The summed E-state index contributed by atoms with van der Waals surface area (Å²) in [7, 11) is 0. The van der Waals surface area contributed by atoms with Crippen molar-refractivity contribution >= 4 is 22.8 Å². The molecule has 0 aliphatic rings. The molecule has 0 saturated carbocycles. The van der Waals surface area contributed by atoms with Crippen LogP contribution in [-0.4, -0.2) is 9.97 Å². The van der Waals surface area contributed by atoms with E-state index in [1.165, 1.54) is 0 Å². The van der Waals surface area contributed by atoms with Crippen molar-refractivity contribution in [2.45, 2.75) is 6.54 Å². The second kappa shape index (κ2) is 3.13. The molecule has 0 aliphatic heterocycles. The summed E-state index contributed by atoms with van der Waals surface area (Å²) in [4.78, 5) is 9.96. The molecule has 62 valence electrons. The van der Waals surface area contributed by atoms with Gasteiger partial charge in [0, 0.05) is 0 Å². The lowest BCUT2D eigenvalue weighted by atomic mass is 10.3. The third-order valence-electron chi connectivity index (χ3n) is 1.67. The van der Waals surface area contributed by atoms with E-state index in [-0.39, 0.29) is 0 Å². The molecule has 0 radical (unpaired) electrons. The highest BCUT2D eigenvalue weighted by Gasteiger charge is 1.99. The first-order valence-corrected chi connectivity index (χ1v) is 4.05. The predicted octanol–water partition coefficient (Wildman–Crippen LogP) is 1.81. The second-order valence-electron chi connectivity index (χ2n) is 2.51. The molecule has 0 bridgehead atoms. The van der Waals surface area contributed by atoms with Gasteiger partial charge in [-0.05, 0) is 23.9 Å². The Balaban J connectivity index is 2.47. The van der Waals surface area contributed by atoms with Crippen molar-refractivity contribution in [3.8, 4) is 0 Å². The second-order valence-corrected chi connectivity index (χ2v) is 2.78. The van der Waals surface area contributed by atoms with E-state index in [0.717, 1.165) is 16.9 Å². The van der Waals surface area contributed by atoms with Gasteiger partial charge in [-0.2, -0.15) is 0 Å². The highest BCUT2D eigenvalue weighted by molar-refractivity contribution is 6.13. The lowest BCUT2D eigenvalue weighted by Gasteiger charge is -1.87. The van der Waals surface area contributed by atoms with Crippen LogP contribution in [0.5, 0.6) is 0 Å². The number of halogens is 1. The van der Waals surface area contributed by atoms with Crippen molar-refractivity contribution < 1.29 is 0 Å². The largest absolute Gasteiger partial charge is 0.341 e. The SMILES string of the molecule is ClNCc1nc2ccccc2[nH]1. The monoisotopic (exact) mass is 181 g/mol. The first-order chi connectivity index (χ1) is 5.90. The van der Waals surface area contributed by atoms with Crippen LogP contribution in [0.25, 0.3) is 11.0 Å². The molecule has 3 nitrogen and oxygen atoms in total. The van der Waals surface area contributed by atoms with Gasteiger partial charge in [0.1, 0.15) is 5.82 Å². The first-order valence-electron chi connectivity index (χ1n) is 3.67. The maximum atomic E-state index is 5.35. The Kier molecular flexibility index (Phi) is 1.98. The summed E-state index contributed by atoms with van der Waals surface area (Å²) in [6.45, 7) is 0.552. The van der Waals surface area contributed by atoms with Gasteiger partial charge in [0.25, 0.3) is 0 Å². The van der Waals surface area contributed by atoms with Crippen LogP contribution >= 0.6 is 11.8 Å². The van der Waals surface area contributed by atoms with Gasteiger partial charge in [-0.3, -0.25) is 0 Å². The summed E-state index contributed by atoms with van der Waals surface area (Å²) in [6.07, 6.45) is 0. The molecule has 12 heavy (non-hydrogen) atoms. The zero-order valence-corrected chi connectivity index (χ0v) is 7.10. The Morgan fingerprint density at radius 3 is 3.00 bits per heavy atom. The molecule has 0 amide bonds. The molecular weight excluding hydrogens is 174 g/mol. The van der Waals surface area contributed by atoms with Gasteiger partial charge in [-0.1, -0.05) is 12.1 Å². The average Bonchev–Trinajstić information content (AvgIpc) is 2.47. The van der Waals surface area contributed by atoms with Gasteiger partial charge in [0.05, 0.1) is 17.6 Å². The van der Waals surface area contributed by atoms with E-state index in [2.05, 4.69) is 14.8 Å². The fourth-order valence-electron chi connectivity index (χ4n) is 1.15. The van der Waals surface area contributed by atoms with Crippen molar-refractivity contribution in [2.24, 2.45) is 0 Å². The fourth-order valence-corrected chi connectivity index (χ4v) is 1.28. The van der Waals surface area contributed by atoms with Crippen LogP contribution in [0.2, 0.25) is 0 Å². The van der Waals surface area contributed by atoms with Crippen molar-refractivity contribution in [2.75, 3.05) is 0 Å². The summed E-state index contributed by atoms with van der Waals surface area (Å²) >= 11 is 5.35. The minimum Gasteiger partial charge on any atom is -0.341 e. The molecule has 0 fully saturated rings. The number of hydrogen-bond acceptors (Lipinski definition) is 2. The molecule has 1 aromatic heterocycles. The average molecular weight is 182 g/mol. The number of nitrogens with zero attached hydrogens (tertiary/aromatic N) is 1. The molecule has 1 heterocycles. The molecule has 2 rings (SSSR count). The smallest absolute Gasteiger partial charge is 0.122 e. The maximum Gasteiger partial charge on any atom is 0.122 e. The molecule has 0 atom stereocenters. The van der Waals surface area contributed by atoms with Gasteiger partial charge >= 0.3 is 0 Å². The van der Waals surface area contributed by atoms with E-state index in [4.69, 9.17) is 11.8 Å². The highest BCUT2D eigenvalue weighted by atomic mass is 35.5. The minimum absolute atomic E-state index is 0.552. The summed E-state index contributed by atoms with van der Waals surface area (Å²) in [6, 6.07) is 7.88. The highest BCUT2D eigenvalue weighted by Crippen LogP contribution is 2.09. The summed E-state index contributed by atoms with van der Waals surface area (Å²) < 4.78 is 0. The van der Waals surface area contributed by atoms with E-state index in [1.54, 1.807) is 0 Å². The van der Waals surface area contributed by atoms with Crippen molar-refractivity contribution in [1.29, 1.82) is 0 Å². The zero-order valence-electron chi connectivity index (χ0n) is 6.34. The van der Waals surface area contributed by atoms with Crippen LogP contribution in [0.3, 0.4) is 0 Å². The quantitative estimate of drug-likeness (QED) is 0.694. The van der Waals surface area contributed by atoms with E-state index in [9.17, 15) is 0 Å².